The molecule has 0 amide bonds. The van der Waals surface area contributed by atoms with Crippen LogP contribution in [0.15, 0.2) is 0 Å². The van der Waals surface area contributed by atoms with E-state index in [0.717, 1.165) is 25.1 Å². The maximum absolute atomic E-state index is 5.06. The van der Waals surface area contributed by atoms with Gasteiger partial charge in [-0.05, 0) is 37.0 Å². The molecule has 1 rings (SSSR count). The second-order valence-corrected chi connectivity index (χ2v) is 5.84. The molecule has 2 heteroatoms. The monoisotopic (exact) mass is 227 g/mol. The first-order valence-electron chi connectivity index (χ1n) is 6.82. The molecule has 2 nitrogen and oxygen atoms in total. The third-order valence-electron chi connectivity index (χ3n) is 4.48. The molecule has 1 saturated carbocycles. The third kappa shape index (κ3) is 4.06. The van der Waals surface area contributed by atoms with E-state index in [-0.39, 0.29) is 0 Å². The van der Waals surface area contributed by atoms with Crippen LogP contribution in [0.25, 0.3) is 0 Å². The van der Waals surface area contributed by atoms with Crippen LogP contribution >= 0.6 is 0 Å². The Morgan fingerprint density at radius 1 is 1.19 bits per heavy atom. The smallest absolute Gasteiger partial charge is 0.0587 e. The average molecular weight is 227 g/mol. The molecular formula is C14H29NO. The van der Waals surface area contributed by atoms with E-state index < -0.39 is 0 Å². The summed E-state index contributed by atoms with van der Waals surface area (Å²) in [7, 11) is 1.77. The number of hydrogen-bond acceptors (Lipinski definition) is 2. The van der Waals surface area contributed by atoms with Crippen molar-refractivity contribution >= 4 is 0 Å². The SMILES string of the molecule is CCC(C)(C)C1CCC(NCCOC)CC1. The molecule has 1 fully saturated rings. The van der Waals surface area contributed by atoms with Crippen molar-refractivity contribution in [1.29, 1.82) is 0 Å². The highest BCUT2D eigenvalue weighted by Crippen LogP contribution is 2.40. The molecule has 0 spiro atoms. The van der Waals surface area contributed by atoms with E-state index >= 15 is 0 Å². The van der Waals surface area contributed by atoms with Crippen LogP contribution in [0.2, 0.25) is 0 Å². The first-order chi connectivity index (χ1) is 7.60. The molecule has 0 aromatic heterocycles. The molecule has 96 valence electrons. The summed E-state index contributed by atoms with van der Waals surface area (Å²) in [6.07, 6.45) is 6.78. The molecule has 0 aromatic rings. The Kier molecular flexibility index (Phi) is 5.77. The van der Waals surface area contributed by atoms with Crippen molar-refractivity contribution in [2.24, 2.45) is 11.3 Å². The maximum atomic E-state index is 5.06. The van der Waals surface area contributed by atoms with E-state index in [2.05, 4.69) is 26.1 Å². The summed E-state index contributed by atoms with van der Waals surface area (Å²) in [5.41, 5.74) is 0.539. The fraction of sp³-hybridized carbons (Fsp3) is 1.00. The van der Waals surface area contributed by atoms with Crippen molar-refractivity contribution in [3.63, 3.8) is 0 Å². The van der Waals surface area contributed by atoms with Gasteiger partial charge in [0, 0.05) is 19.7 Å². The van der Waals surface area contributed by atoms with Crippen molar-refractivity contribution in [2.75, 3.05) is 20.3 Å². The van der Waals surface area contributed by atoms with E-state index in [1.165, 1.54) is 32.1 Å². The molecule has 1 aliphatic carbocycles. The van der Waals surface area contributed by atoms with Crippen LogP contribution in [-0.4, -0.2) is 26.3 Å². The van der Waals surface area contributed by atoms with Gasteiger partial charge in [0.1, 0.15) is 0 Å². The highest BCUT2D eigenvalue weighted by molar-refractivity contribution is 4.84. The maximum Gasteiger partial charge on any atom is 0.0587 e. The zero-order valence-electron chi connectivity index (χ0n) is 11.5. The predicted octanol–water partition coefficient (Wildman–Crippen LogP) is 3.22. The van der Waals surface area contributed by atoms with Crippen molar-refractivity contribution in [1.82, 2.24) is 5.32 Å². The van der Waals surface area contributed by atoms with Gasteiger partial charge in [-0.25, -0.2) is 0 Å². The van der Waals surface area contributed by atoms with Crippen molar-refractivity contribution in [3.05, 3.63) is 0 Å². The molecule has 1 N–H and O–H groups in total. The van der Waals surface area contributed by atoms with Gasteiger partial charge in [-0.15, -0.1) is 0 Å². The normalized spacial score (nSPS) is 27.0. The number of rotatable bonds is 6. The topological polar surface area (TPSA) is 21.3 Å². The van der Waals surface area contributed by atoms with Crippen LogP contribution in [0.3, 0.4) is 0 Å². The van der Waals surface area contributed by atoms with Gasteiger partial charge in [0.2, 0.25) is 0 Å². The van der Waals surface area contributed by atoms with Gasteiger partial charge >= 0.3 is 0 Å². The lowest BCUT2D eigenvalue weighted by molar-refractivity contribution is 0.132. The summed E-state index contributed by atoms with van der Waals surface area (Å²) in [6.45, 7) is 9.01. The van der Waals surface area contributed by atoms with Crippen LogP contribution in [0.1, 0.15) is 52.9 Å². The Morgan fingerprint density at radius 3 is 2.31 bits per heavy atom. The van der Waals surface area contributed by atoms with Crippen molar-refractivity contribution < 1.29 is 4.74 Å². The summed E-state index contributed by atoms with van der Waals surface area (Å²) < 4.78 is 5.06. The standard InChI is InChI=1S/C14H29NO/c1-5-14(2,3)12-6-8-13(9-7-12)15-10-11-16-4/h12-13,15H,5-11H2,1-4H3. The van der Waals surface area contributed by atoms with Gasteiger partial charge in [0.15, 0.2) is 0 Å². The minimum absolute atomic E-state index is 0.539. The van der Waals surface area contributed by atoms with Gasteiger partial charge in [0.05, 0.1) is 6.61 Å². The molecule has 0 radical (unpaired) electrons. The molecule has 0 bridgehead atoms. The average Bonchev–Trinajstić information content (AvgIpc) is 2.30. The third-order valence-corrected chi connectivity index (χ3v) is 4.48. The van der Waals surface area contributed by atoms with E-state index in [1.54, 1.807) is 7.11 Å². The molecule has 0 saturated heterocycles. The Morgan fingerprint density at radius 2 is 1.81 bits per heavy atom. The Balaban J connectivity index is 2.23. The molecule has 0 atom stereocenters. The Labute approximate surface area is 101 Å². The molecular weight excluding hydrogens is 198 g/mol. The van der Waals surface area contributed by atoms with Gasteiger partial charge in [0.25, 0.3) is 0 Å². The van der Waals surface area contributed by atoms with Gasteiger partial charge in [-0.1, -0.05) is 27.2 Å². The lowest BCUT2D eigenvalue weighted by Gasteiger charge is -2.39. The van der Waals surface area contributed by atoms with Crippen LogP contribution in [-0.2, 0) is 4.74 Å². The largest absolute Gasteiger partial charge is 0.383 e. The summed E-state index contributed by atoms with van der Waals surface area (Å²) in [5.74, 6) is 0.929. The number of nitrogens with one attached hydrogen (secondary N) is 1. The molecule has 0 heterocycles. The minimum Gasteiger partial charge on any atom is -0.383 e. The minimum atomic E-state index is 0.539. The van der Waals surface area contributed by atoms with Crippen molar-refractivity contribution in [2.45, 2.75) is 58.9 Å². The quantitative estimate of drug-likeness (QED) is 0.704. The highest BCUT2D eigenvalue weighted by atomic mass is 16.5. The molecule has 0 aliphatic heterocycles. The molecule has 1 aliphatic rings. The molecule has 0 unspecified atom stereocenters. The van der Waals surface area contributed by atoms with E-state index in [0.29, 0.717) is 5.41 Å². The van der Waals surface area contributed by atoms with Crippen molar-refractivity contribution in [3.8, 4) is 0 Å². The summed E-state index contributed by atoms with van der Waals surface area (Å²) in [6, 6.07) is 0.735. The summed E-state index contributed by atoms with van der Waals surface area (Å²) in [5, 5.41) is 3.59. The fourth-order valence-corrected chi connectivity index (χ4v) is 2.73. The summed E-state index contributed by atoms with van der Waals surface area (Å²) in [4.78, 5) is 0. The van der Waals surface area contributed by atoms with Crippen LogP contribution in [0.4, 0.5) is 0 Å². The van der Waals surface area contributed by atoms with Gasteiger partial charge in [-0.2, -0.15) is 0 Å². The van der Waals surface area contributed by atoms with Crippen LogP contribution < -0.4 is 5.32 Å². The second kappa shape index (κ2) is 6.61. The predicted molar refractivity (Wildman–Crippen MR) is 69.7 cm³/mol. The molecule has 0 aromatic carbocycles. The number of methoxy groups -OCH3 is 1. The van der Waals surface area contributed by atoms with Crippen LogP contribution in [0, 0.1) is 11.3 Å². The first kappa shape index (κ1) is 14.0. The van der Waals surface area contributed by atoms with E-state index in [1.807, 2.05) is 0 Å². The van der Waals surface area contributed by atoms with E-state index in [9.17, 15) is 0 Å². The Hall–Kier alpha value is -0.0800. The van der Waals surface area contributed by atoms with Crippen LogP contribution in [0.5, 0.6) is 0 Å². The van der Waals surface area contributed by atoms with Gasteiger partial charge in [-0.3, -0.25) is 0 Å². The van der Waals surface area contributed by atoms with E-state index in [4.69, 9.17) is 4.74 Å². The fourth-order valence-electron chi connectivity index (χ4n) is 2.73. The second-order valence-electron chi connectivity index (χ2n) is 5.84. The molecule has 16 heavy (non-hydrogen) atoms. The zero-order chi connectivity index (χ0) is 12.0. The Bertz CT molecular complexity index is 183. The highest BCUT2D eigenvalue weighted by Gasteiger charge is 2.31. The lowest BCUT2D eigenvalue weighted by Crippen LogP contribution is -2.38. The lowest BCUT2D eigenvalue weighted by atomic mass is 9.69. The number of hydrogen-bond donors (Lipinski definition) is 1. The summed E-state index contributed by atoms with van der Waals surface area (Å²) >= 11 is 0. The zero-order valence-corrected chi connectivity index (χ0v) is 11.5. The first-order valence-corrected chi connectivity index (χ1v) is 6.82. The van der Waals surface area contributed by atoms with Gasteiger partial charge < -0.3 is 10.1 Å². The number of ether oxygens (including phenoxy) is 1.